The number of halogens is 1. The van der Waals surface area contributed by atoms with Gasteiger partial charge in [-0.3, -0.25) is 0 Å². The first-order valence-corrected chi connectivity index (χ1v) is 3.87. The Bertz CT molecular complexity index is 271. The van der Waals surface area contributed by atoms with E-state index in [0.29, 0.717) is 16.4 Å². The smallest absolute Gasteiger partial charge is 0.0595 e. The van der Waals surface area contributed by atoms with Crippen molar-refractivity contribution in [3.05, 3.63) is 22.7 Å². The van der Waals surface area contributed by atoms with E-state index in [2.05, 4.69) is 0 Å². The van der Waals surface area contributed by atoms with Gasteiger partial charge in [-0.2, -0.15) is 0 Å². The molecule has 0 spiro atoms. The Morgan fingerprint density at radius 2 is 2.00 bits per heavy atom. The first-order valence-electron chi connectivity index (χ1n) is 3.49. The summed E-state index contributed by atoms with van der Waals surface area (Å²) in [6, 6.07) is 3.49. The van der Waals surface area contributed by atoms with Crippen molar-refractivity contribution in [3.63, 3.8) is 0 Å². The third-order valence-electron chi connectivity index (χ3n) is 1.69. The molecule has 0 radical (unpaired) electrons. The predicted molar refractivity (Wildman–Crippen MR) is 49.7 cm³/mol. The average molecular weight is 171 g/mol. The third kappa shape index (κ3) is 1.40. The van der Waals surface area contributed by atoms with Crippen LogP contribution in [0.25, 0.3) is 0 Å². The van der Waals surface area contributed by atoms with Crippen molar-refractivity contribution in [2.75, 3.05) is 11.5 Å². The van der Waals surface area contributed by atoms with Gasteiger partial charge in [-0.05, 0) is 24.1 Å². The molecule has 1 aromatic rings. The van der Waals surface area contributed by atoms with E-state index in [1.807, 2.05) is 6.92 Å². The highest BCUT2D eigenvalue weighted by molar-refractivity contribution is 6.31. The molecule has 0 saturated heterocycles. The van der Waals surface area contributed by atoms with E-state index in [9.17, 15) is 0 Å². The number of rotatable bonds is 1. The number of hydrogen-bond acceptors (Lipinski definition) is 2. The number of nitrogen functional groups attached to an aromatic ring is 2. The van der Waals surface area contributed by atoms with Crippen molar-refractivity contribution >= 4 is 23.0 Å². The molecule has 3 heteroatoms. The molecule has 4 N–H and O–H groups in total. The minimum absolute atomic E-state index is 0.603. The molecular formula is C8H11ClN2. The molecule has 0 heterocycles. The summed E-state index contributed by atoms with van der Waals surface area (Å²) in [5, 5.41) is 0.694. The Balaban J connectivity index is 3.29. The minimum atomic E-state index is 0.603. The molecule has 0 fully saturated rings. The Kier molecular flexibility index (Phi) is 2.25. The first kappa shape index (κ1) is 8.21. The zero-order valence-corrected chi connectivity index (χ0v) is 7.15. The average Bonchev–Trinajstić information content (AvgIpc) is 1.99. The summed E-state index contributed by atoms with van der Waals surface area (Å²) in [6.45, 7) is 2.00. The van der Waals surface area contributed by atoms with Crippen LogP contribution in [0.4, 0.5) is 11.4 Å². The van der Waals surface area contributed by atoms with Crippen molar-refractivity contribution in [1.82, 2.24) is 0 Å². The second-order valence-corrected chi connectivity index (χ2v) is 2.79. The Morgan fingerprint density at radius 3 is 2.45 bits per heavy atom. The van der Waals surface area contributed by atoms with Gasteiger partial charge in [0.15, 0.2) is 0 Å². The van der Waals surface area contributed by atoms with Crippen LogP contribution in [0.2, 0.25) is 5.02 Å². The zero-order valence-electron chi connectivity index (χ0n) is 6.39. The summed E-state index contributed by atoms with van der Waals surface area (Å²) in [5.41, 5.74) is 13.4. The molecule has 0 bridgehead atoms. The summed E-state index contributed by atoms with van der Waals surface area (Å²) in [7, 11) is 0. The molecule has 60 valence electrons. The second kappa shape index (κ2) is 3.01. The molecule has 1 rings (SSSR count). The fourth-order valence-corrected chi connectivity index (χ4v) is 1.31. The van der Waals surface area contributed by atoms with E-state index in [0.717, 1.165) is 12.0 Å². The normalized spacial score (nSPS) is 10.0. The molecule has 0 aliphatic heterocycles. The third-order valence-corrected chi connectivity index (χ3v) is 2.04. The largest absolute Gasteiger partial charge is 0.397 e. The fraction of sp³-hybridized carbons (Fsp3) is 0.250. The molecule has 0 aliphatic carbocycles. The van der Waals surface area contributed by atoms with Crippen LogP contribution in [0.3, 0.4) is 0 Å². The number of hydrogen-bond donors (Lipinski definition) is 2. The molecule has 1 aromatic carbocycles. The van der Waals surface area contributed by atoms with Gasteiger partial charge in [0.25, 0.3) is 0 Å². The molecule has 11 heavy (non-hydrogen) atoms. The van der Waals surface area contributed by atoms with E-state index >= 15 is 0 Å². The summed E-state index contributed by atoms with van der Waals surface area (Å²) in [5.74, 6) is 0. The molecular weight excluding hydrogens is 160 g/mol. The van der Waals surface area contributed by atoms with Crippen LogP contribution in [-0.4, -0.2) is 0 Å². The van der Waals surface area contributed by atoms with Gasteiger partial charge in [0, 0.05) is 5.02 Å². The minimum Gasteiger partial charge on any atom is -0.397 e. The highest BCUT2D eigenvalue weighted by Gasteiger charge is 2.04. The second-order valence-electron chi connectivity index (χ2n) is 2.38. The summed E-state index contributed by atoms with van der Waals surface area (Å²) in [6.07, 6.45) is 0.815. The quantitative estimate of drug-likeness (QED) is 0.634. The molecule has 2 nitrogen and oxygen atoms in total. The van der Waals surface area contributed by atoms with Gasteiger partial charge in [-0.1, -0.05) is 18.5 Å². The molecule has 0 atom stereocenters. The molecule has 0 unspecified atom stereocenters. The maximum atomic E-state index is 5.87. The maximum Gasteiger partial charge on any atom is 0.0595 e. The number of anilines is 2. The topological polar surface area (TPSA) is 52.0 Å². The lowest BCUT2D eigenvalue weighted by Crippen LogP contribution is -1.99. The van der Waals surface area contributed by atoms with Crippen LogP contribution in [0.5, 0.6) is 0 Å². The van der Waals surface area contributed by atoms with E-state index < -0.39 is 0 Å². The van der Waals surface area contributed by atoms with Gasteiger partial charge in [0.2, 0.25) is 0 Å². The lowest BCUT2D eigenvalue weighted by Gasteiger charge is -2.07. The highest BCUT2D eigenvalue weighted by atomic mass is 35.5. The van der Waals surface area contributed by atoms with Crippen LogP contribution in [0.1, 0.15) is 12.5 Å². The van der Waals surface area contributed by atoms with Crippen LogP contribution in [0.15, 0.2) is 12.1 Å². The van der Waals surface area contributed by atoms with Crippen molar-refractivity contribution in [3.8, 4) is 0 Å². The zero-order chi connectivity index (χ0) is 8.43. The molecule has 0 amide bonds. The predicted octanol–water partition coefficient (Wildman–Crippen LogP) is 2.07. The molecule has 0 saturated carbocycles. The number of nitrogens with two attached hydrogens (primary N) is 2. The lowest BCUT2D eigenvalue weighted by molar-refractivity contribution is 1.15. The van der Waals surface area contributed by atoms with E-state index in [1.165, 1.54) is 0 Å². The summed E-state index contributed by atoms with van der Waals surface area (Å²) < 4.78 is 0. The first-order chi connectivity index (χ1) is 5.16. The van der Waals surface area contributed by atoms with Gasteiger partial charge < -0.3 is 11.5 Å². The SMILES string of the molecule is CCc1c(Cl)ccc(N)c1N. The van der Waals surface area contributed by atoms with Gasteiger partial charge in [0.05, 0.1) is 11.4 Å². The monoisotopic (exact) mass is 170 g/mol. The summed E-state index contributed by atoms with van der Waals surface area (Å²) in [4.78, 5) is 0. The van der Waals surface area contributed by atoms with E-state index in [1.54, 1.807) is 12.1 Å². The van der Waals surface area contributed by atoms with Gasteiger partial charge in [-0.15, -0.1) is 0 Å². The van der Waals surface area contributed by atoms with E-state index in [4.69, 9.17) is 23.1 Å². The van der Waals surface area contributed by atoms with Crippen LogP contribution in [-0.2, 0) is 6.42 Å². The standard InChI is InChI=1S/C8H11ClN2/c1-2-5-6(9)3-4-7(10)8(5)11/h3-4H,2,10-11H2,1H3. The van der Waals surface area contributed by atoms with Gasteiger partial charge >= 0.3 is 0 Å². The van der Waals surface area contributed by atoms with Crippen molar-refractivity contribution < 1.29 is 0 Å². The molecule has 0 aromatic heterocycles. The lowest BCUT2D eigenvalue weighted by atomic mass is 10.1. The highest BCUT2D eigenvalue weighted by Crippen LogP contribution is 2.27. The fourth-order valence-electron chi connectivity index (χ4n) is 1.02. The molecule has 0 aliphatic rings. The van der Waals surface area contributed by atoms with E-state index in [-0.39, 0.29) is 0 Å². The Labute approximate surface area is 71.1 Å². The maximum absolute atomic E-state index is 5.87. The van der Waals surface area contributed by atoms with Gasteiger partial charge in [0.1, 0.15) is 0 Å². The van der Waals surface area contributed by atoms with Crippen LogP contribution >= 0.6 is 11.6 Å². The van der Waals surface area contributed by atoms with Crippen LogP contribution in [0, 0.1) is 0 Å². The van der Waals surface area contributed by atoms with Crippen LogP contribution < -0.4 is 11.5 Å². The Morgan fingerprint density at radius 1 is 1.36 bits per heavy atom. The summed E-state index contributed by atoms with van der Waals surface area (Å²) >= 11 is 5.87. The van der Waals surface area contributed by atoms with Gasteiger partial charge in [-0.25, -0.2) is 0 Å². The number of benzene rings is 1. The van der Waals surface area contributed by atoms with Crippen molar-refractivity contribution in [2.45, 2.75) is 13.3 Å². The van der Waals surface area contributed by atoms with Crippen molar-refractivity contribution in [2.24, 2.45) is 0 Å². The van der Waals surface area contributed by atoms with Crippen molar-refractivity contribution in [1.29, 1.82) is 0 Å². The Hall–Kier alpha value is -0.890.